The third-order valence-corrected chi connectivity index (χ3v) is 8.08. The molecule has 31 heavy (non-hydrogen) atoms. The van der Waals surface area contributed by atoms with E-state index in [1.165, 1.54) is 41.9 Å². The molecule has 2 aromatic rings. The minimum atomic E-state index is -0.962. The van der Waals surface area contributed by atoms with Crippen LogP contribution in [0.5, 0.6) is 0 Å². The van der Waals surface area contributed by atoms with Gasteiger partial charge in [0.25, 0.3) is 0 Å². The number of hydrogen-bond acceptors (Lipinski definition) is 7. The molecule has 164 valence electrons. The third kappa shape index (κ3) is 3.33. The van der Waals surface area contributed by atoms with E-state index in [9.17, 15) is 9.59 Å². The summed E-state index contributed by atoms with van der Waals surface area (Å²) in [5.74, 6) is 0.302. The zero-order valence-corrected chi connectivity index (χ0v) is 18.6. The largest absolute Gasteiger partial charge is 0.368 e. The van der Waals surface area contributed by atoms with Crippen molar-refractivity contribution in [3.63, 3.8) is 0 Å². The first-order valence-corrected chi connectivity index (χ1v) is 11.7. The molecule has 3 aliphatic heterocycles. The Morgan fingerprint density at radius 3 is 2.61 bits per heavy atom. The van der Waals surface area contributed by atoms with Crippen LogP contribution in [0.15, 0.2) is 12.3 Å². The highest BCUT2D eigenvalue weighted by Gasteiger charge is 2.45. The molecule has 0 radical (unpaired) electrons. The molecule has 0 spiro atoms. The molecule has 3 saturated heterocycles. The van der Waals surface area contributed by atoms with Crippen molar-refractivity contribution in [2.24, 2.45) is 5.73 Å². The Morgan fingerprint density at radius 1 is 1.23 bits per heavy atom. The fourth-order valence-electron chi connectivity index (χ4n) is 5.23. The standard InChI is InChI=1S/C21H27N7O2S/c1-12-16(15-8-10-23-18(25-15)28-13-4-5-14(28)7-6-13)31-19(24-12)26-20(30)27-11-3-9-21(27,2)17(22)29/h8,10,13-14H,3-7,9,11H2,1-2H3,(H2,22,29)(H,24,26,30)/t13?,14?,21-/m0/s1. The Balaban J connectivity index is 1.36. The van der Waals surface area contributed by atoms with Crippen LogP contribution in [0.2, 0.25) is 0 Å². The number of aryl methyl sites for hydroxylation is 1. The van der Waals surface area contributed by atoms with Gasteiger partial charge >= 0.3 is 6.03 Å². The summed E-state index contributed by atoms with van der Waals surface area (Å²) in [6.45, 7) is 4.12. The van der Waals surface area contributed by atoms with Crippen LogP contribution in [0.1, 0.15) is 51.1 Å². The van der Waals surface area contributed by atoms with Crippen molar-refractivity contribution in [2.45, 2.75) is 70.0 Å². The molecule has 3 aliphatic rings. The van der Waals surface area contributed by atoms with Gasteiger partial charge in [0.15, 0.2) is 5.13 Å². The lowest BCUT2D eigenvalue weighted by molar-refractivity contribution is -0.126. The molecule has 5 rings (SSSR count). The average Bonchev–Trinajstić information content (AvgIpc) is 3.51. The molecule has 5 heterocycles. The smallest absolute Gasteiger partial charge is 0.324 e. The molecule has 3 fully saturated rings. The van der Waals surface area contributed by atoms with Gasteiger partial charge in [-0.3, -0.25) is 10.1 Å². The molecule has 0 saturated carbocycles. The normalized spacial score (nSPS) is 27.2. The molecule has 0 unspecified atom stereocenters. The Morgan fingerprint density at radius 2 is 1.94 bits per heavy atom. The number of nitrogens with two attached hydrogens (primary N) is 1. The third-order valence-electron chi connectivity index (χ3n) is 6.99. The van der Waals surface area contributed by atoms with Gasteiger partial charge < -0.3 is 15.5 Å². The van der Waals surface area contributed by atoms with Gasteiger partial charge in [0.05, 0.1) is 16.3 Å². The number of fused-ring (bicyclic) bond motifs is 2. The zero-order chi connectivity index (χ0) is 21.8. The van der Waals surface area contributed by atoms with E-state index in [0.717, 1.165) is 28.6 Å². The SMILES string of the molecule is Cc1nc(NC(=O)N2CCC[C@@]2(C)C(N)=O)sc1-c1ccnc(N2C3CCC2CC3)n1. The quantitative estimate of drug-likeness (QED) is 0.753. The molecule has 0 aromatic carbocycles. The van der Waals surface area contributed by atoms with Crippen molar-refractivity contribution in [2.75, 3.05) is 16.8 Å². The topological polar surface area (TPSA) is 117 Å². The predicted octanol–water partition coefficient (Wildman–Crippen LogP) is 2.91. The van der Waals surface area contributed by atoms with E-state index in [-0.39, 0.29) is 6.03 Å². The average molecular weight is 442 g/mol. The van der Waals surface area contributed by atoms with Gasteiger partial charge in [0.2, 0.25) is 11.9 Å². The first kappa shape index (κ1) is 20.2. The molecule has 0 aliphatic carbocycles. The lowest BCUT2D eigenvalue weighted by Gasteiger charge is -2.31. The van der Waals surface area contributed by atoms with Gasteiger partial charge in [-0.15, -0.1) is 0 Å². The molecular weight excluding hydrogens is 414 g/mol. The van der Waals surface area contributed by atoms with Crippen LogP contribution >= 0.6 is 11.3 Å². The maximum Gasteiger partial charge on any atom is 0.324 e. The molecule has 3 amide bonds. The molecule has 1 atom stereocenters. The molecule has 2 bridgehead atoms. The highest BCUT2D eigenvalue weighted by molar-refractivity contribution is 7.19. The fourth-order valence-corrected chi connectivity index (χ4v) is 6.16. The van der Waals surface area contributed by atoms with E-state index >= 15 is 0 Å². The minimum absolute atomic E-state index is 0.351. The summed E-state index contributed by atoms with van der Waals surface area (Å²) in [4.78, 5) is 43.4. The highest BCUT2D eigenvalue weighted by Crippen LogP contribution is 2.40. The van der Waals surface area contributed by atoms with E-state index in [1.807, 2.05) is 13.0 Å². The monoisotopic (exact) mass is 441 g/mol. The number of nitrogens with one attached hydrogen (secondary N) is 1. The number of nitrogens with zero attached hydrogens (tertiary/aromatic N) is 5. The number of primary amides is 1. The fraction of sp³-hybridized carbons (Fsp3) is 0.571. The van der Waals surface area contributed by atoms with E-state index in [4.69, 9.17) is 10.7 Å². The van der Waals surface area contributed by atoms with Gasteiger partial charge in [0.1, 0.15) is 5.54 Å². The highest BCUT2D eigenvalue weighted by atomic mass is 32.1. The summed E-state index contributed by atoms with van der Waals surface area (Å²) in [5, 5.41) is 3.34. The minimum Gasteiger partial charge on any atom is -0.368 e. The second-order valence-corrected chi connectivity index (χ2v) is 9.87. The summed E-state index contributed by atoms with van der Waals surface area (Å²) in [6.07, 6.45) is 7.99. The van der Waals surface area contributed by atoms with Crippen molar-refractivity contribution in [1.29, 1.82) is 0 Å². The molecule has 2 aromatic heterocycles. The van der Waals surface area contributed by atoms with Crippen LogP contribution in [0.25, 0.3) is 10.6 Å². The summed E-state index contributed by atoms with van der Waals surface area (Å²) in [6, 6.07) is 2.64. The number of carbonyl (C=O) groups is 2. The first-order chi connectivity index (χ1) is 14.9. The van der Waals surface area contributed by atoms with E-state index in [1.54, 1.807) is 13.1 Å². The van der Waals surface area contributed by atoms with Gasteiger partial charge in [-0.1, -0.05) is 11.3 Å². The predicted molar refractivity (Wildman–Crippen MR) is 119 cm³/mol. The summed E-state index contributed by atoms with van der Waals surface area (Å²) >= 11 is 1.38. The molecule has 9 nitrogen and oxygen atoms in total. The first-order valence-electron chi connectivity index (χ1n) is 10.8. The zero-order valence-electron chi connectivity index (χ0n) is 17.8. The van der Waals surface area contributed by atoms with Gasteiger partial charge in [-0.2, -0.15) is 0 Å². The van der Waals surface area contributed by atoms with Gasteiger partial charge in [0, 0.05) is 24.8 Å². The number of amides is 3. The van der Waals surface area contributed by atoms with Crippen molar-refractivity contribution in [1.82, 2.24) is 19.9 Å². The van der Waals surface area contributed by atoms with Crippen LogP contribution in [0, 0.1) is 6.92 Å². The molecule has 10 heteroatoms. The summed E-state index contributed by atoms with van der Waals surface area (Å²) in [7, 11) is 0. The van der Waals surface area contributed by atoms with Crippen LogP contribution < -0.4 is 16.0 Å². The number of thiazole rings is 1. The number of likely N-dealkylation sites (tertiary alicyclic amines) is 1. The van der Waals surface area contributed by atoms with Gasteiger partial charge in [-0.05, 0) is 58.4 Å². The van der Waals surface area contributed by atoms with Crippen LogP contribution in [0.3, 0.4) is 0 Å². The van der Waals surface area contributed by atoms with E-state index in [2.05, 4.69) is 20.2 Å². The van der Waals surface area contributed by atoms with Crippen LogP contribution in [-0.4, -0.2) is 56.0 Å². The maximum absolute atomic E-state index is 12.8. The Bertz CT molecular complexity index is 1020. The maximum atomic E-state index is 12.8. The van der Waals surface area contributed by atoms with Crippen molar-refractivity contribution < 1.29 is 9.59 Å². The Labute approximate surface area is 185 Å². The number of aromatic nitrogens is 3. The number of anilines is 2. The van der Waals surface area contributed by atoms with E-state index in [0.29, 0.717) is 30.2 Å². The van der Waals surface area contributed by atoms with Crippen molar-refractivity contribution >= 4 is 34.4 Å². The second-order valence-electron chi connectivity index (χ2n) is 8.87. The number of hydrogen-bond donors (Lipinski definition) is 2. The number of urea groups is 1. The van der Waals surface area contributed by atoms with Crippen molar-refractivity contribution in [3.8, 4) is 10.6 Å². The lowest BCUT2D eigenvalue weighted by atomic mass is 9.98. The summed E-state index contributed by atoms with van der Waals surface area (Å²) in [5.41, 5.74) is 6.21. The summed E-state index contributed by atoms with van der Waals surface area (Å²) < 4.78 is 0. The van der Waals surface area contributed by atoms with Gasteiger partial charge in [-0.25, -0.2) is 19.7 Å². The number of carbonyl (C=O) groups excluding carboxylic acids is 2. The van der Waals surface area contributed by atoms with Crippen LogP contribution in [-0.2, 0) is 4.79 Å². The number of rotatable bonds is 4. The molecular formula is C21H27N7O2S. The Kier molecular flexibility index (Phi) is 4.84. The van der Waals surface area contributed by atoms with Crippen LogP contribution in [0.4, 0.5) is 15.9 Å². The second kappa shape index (κ2) is 7.44. The lowest BCUT2D eigenvalue weighted by Crippen LogP contribution is -2.55. The molecule has 3 N–H and O–H groups in total. The van der Waals surface area contributed by atoms with E-state index < -0.39 is 11.4 Å². The Hall–Kier alpha value is -2.75. The van der Waals surface area contributed by atoms with Crippen molar-refractivity contribution in [3.05, 3.63) is 18.0 Å².